The monoisotopic (exact) mass is 382 g/mol. The Hall–Kier alpha value is -1.35. The molecule has 0 radical (unpaired) electrons. The van der Waals surface area contributed by atoms with Crippen molar-refractivity contribution in [1.82, 2.24) is 4.90 Å². The first-order valence-corrected chi connectivity index (χ1v) is 11.8. The van der Waals surface area contributed by atoms with E-state index in [4.69, 9.17) is 0 Å². The number of para-hydroxylation sites is 1. The van der Waals surface area contributed by atoms with Gasteiger partial charge in [0.15, 0.2) is 0 Å². The maximum atomic E-state index is 12.6. The molecule has 3 atom stereocenters. The van der Waals surface area contributed by atoms with E-state index in [0.717, 1.165) is 43.2 Å². The Bertz CT molecular complexity index is 658. The van der Waals surface area contributed by atoms with Crippen LogP contribution in [0, 0.1) is 11.8 Å². The van der Waals surface area contributed by atoms with Crippen LogP contribution in [0.15, 0.2) is 24.3 Å². The molecule has 2 bridgehead atoms. The summed E-state index contributed by atoms with van der Waals surface area (Å²) >= 11 is 0. The fourth-order valence-electron chi connectivity index (χ4n) is 6.03. The van der Waals surface area contributed by atoms with Crippen molar-refractivity contribution in [2.24, 2.45) is 11.8 Å². The number of amides is 1. The number of rotatable bonds is 8. The van der Waals surface area contributed by atoms with E-state index in [9.17, 15) is 4.79 Å². The first kappa shape index (κ1) is 19.9. The number of aryl methyl sites for hydroxylation is 1. The molecule has 0 aliphatic carbocycles. The van der Waals surface area contributed by atoms with Crippen LogP contribution in [0.2, 0.25) is 0 Å². The summed E-state index contributed by atoms with van der Waals surface area (Å²) in [6.45, 7) is 6.67. The summed E-state index contributed by atoms with van der Waals surface area (Å²) in [5, 5.41) is 0. The smallest absolute Gasteiger partial charge is 0.227 e. The number of anilines is 1. The van der Waals surface area contributed by atoms with Crippen molar-refractivity contribution in [2.75, 3.05) is 18.0 Å². The molecule has 0 spiro atoms. The lowest BCUT2D eigenvalue weighted by molar-refractivity contribution is -0.119. The minimum atomic E-state index is 0.308. The van der Waals surface area contributed by atoms with Crippen molar-refractivity contribution in [3.05, 3.63) is 29.8 Å². The predicted octanol–water partition coefficient (Wildman–Crippen LogP) is 5.43. The highest BCUT2D eigenvalue weighted by Crippen LogP contribution is 2.41. The van der Waals surface area contributed by atoms with Crippen molar-refractivity contribution < 1.29 is 4.79 Å². The van der Waals surface area contributed by atoms with Crippen LogP contribution in [0.25, 0.3) is 0 Å². The zero-order valence-corrected chi connectivity index (χ0v) is 17.9. The number of nitrogens with zero attached hydrogens (tertiary/aromatic N) is 2. The first-order valence-electron chi connectivity index (χ1n) is 11.8. The van der Waals surface area contributed by atoms with E-state index in [0.29, 0.717) is 18.2 Å². The summed E-state index contributed by atoms with van der Waals surface area (Å²) in [5.41, 5.74) is 2.49. The maximum absolute atomic E-state index is 12.6. The molecule has 3 aliphatic heterocycles. The van der Waals surface area contributed by atoms with Gasteiger partial charge >= 0.3 is 0 Å². The van der Waals surface area contributed by atoms with E-state index < -0.39 is 0 Å². The van der Waals surface area contributed by atoms with Crippen LogP contribution in [0.5, 0.6) is 0 Å². The van der Waals surface area contributed by atoms with Gasteiger partial charge < -0.3 is 4.90 Å². The zero-order chi connectivity index (χ0) is 19.5. The SMILES string of the molecule is CCCCCC1CC2CCC(C1)N2CC(C)CN1C(=O)CCc2ccccc21. The molecule has 1 aromatic rings. The highest BCUT2D eigenvalue weighted by molar-refractivity contribution is 5.96. The van der Waals surface area contributed by atoms with E-state index in [2.05, 4.69) is 47.9 Å². The van der Waals surface area contributed by atoms with Gasteiger partial charge in [-0.15, -0.1) is 0 Å². The Morgan fingerprint density at radius 3 is 2.54 bits per heavy atom. The molecule has 3 nitrogen and oxygen atoms in total. The van der Waals surface area contributed by atoms with Crippen molar-refractivity contribution in [1.29, 1.82) is 0 Å². The van der Waals surface area contributed by atoms with Gasteiger partial charge in [0.1, 0.15) is 0 Å². The van der Waals surface area contributed by atoms with Gasteiger partial charge in [0.2, 0.25) is 5.91 Å². The van der Waals surface area contributed by atoms with Gasteiger partial charge in [0.05, 0.1) is 0 Å². The molecule has 3 unspecified atom stereocenters. The van der Waals surface area contributed by atoms with Crippen molar-refractivity contribution >= 4 is 11.6 Å². The van der Waals surface area contributed by atoms with Crippen LogP contribution < -0.4 is 4.90 Å². The van der Waals surface area contributed by atoms with E-state index in [-0.39, 0.29) is 0 Å². The summed E-state index contributed by atoms with van der Waals surface area (Å²) in [4.78, 5) is 17.5. The van der Waals surface area contributed by atoms with Gasteiger partial charge in [-0.1, -0.05) is 57.7 Å². The van der Waals surface area contributed by atoms with Crippen LogP contribution in [0.1, 0.15) is 77.2 Å². The number of fused-ring (bicyclic) bond motifs is 3. The van der Waals surface area contributed by atoms with E-state index in [1.54, 1.807) is 0 Å². The molecule has 3 heterocycles. The Kier molecular flexibility index (Phi) is 6.40. The third kappa shape index (κ3) is 4.30. The average molecular weight is 383 g/mol. The number of piperidine rings is 1. The Morgan fingerprint density at radius 1 is 1.04 bits per heavy atom. The lowest BCUT2D eigenvalue weighted by Gasteiger charge is -2.41. The molecule has 1 aromatic carbocycles. The number of carbonyl (C=O) groups is 1. The summed E-state index contributed by atoms with van der Waals surface area (Å²) in [5.74, 6) is 1.80. The molecule has 0 N–H and O–H groups in total. The summed E-state index contributed by atoms with van der Waals surface area (Å²) in [6.07, 6.45) is 12.8. The largest absolute Gasteiger partial charge is 0.312 e. The molecule has 3 aliphatic rings. The Balaban J connectivity index is 1.34. The lowest BCUT2D eigenvalue weighted by atomic mass is 9.86. The normalized spacial score (nSPS) is 28.4. The molecular weight excluding hydrogens is 344 g/mol. The minimum Gasteiger partial charge on any atom is -0.312 e. The standard InChI is InChI=1S/C25H38N2O/c1-3-4-5-8-20-15-22-12-13-23(16-20)26(22)17-19(2)18-27-24-10-7-6-9-21(24)11-14-25(27)28/h6-7,9-10,19-20,22-23H,3-5,8,11-18H2,1-2H3. The topological polar surface area (TPSA) is 23.6 Å². The average Bonchev–Trinajstić information content (AvgIpc) is 2.92. The quantitative estimate of drug-likeness (QED) is 0.560. The molecule has 2 saturated heterocycles. The zero-order valence-electron chi connectivity index (χ0n) is 17.9. The van der Waals surface area contributed by atoms with Gasteiger partial charge in [-0.3, -0.25) is 9.69 Å². The molecule has 154 valence electrons. The van der Waals surface area contributed by atoms with Gasteiger partial charge in [0.25, 0.3) is 0 Å². The van der Waals surface area contributed by atoms with E-state index >= 15 is 0 Å². The molecule has 3 heteroatoms. The summed E-state index contributed by atoms with van der Waals surface area (Å²) < 4.78 is 0. The van der Waals surface area contributed by atoms with Crippen molar-refractivity contribution in [3.8, 4) is 0 Å². The number of unbranched alkanes of at least 4 members (excludes halogenated alkanes) is 2. The van der Waals surface area contributed by atoms with Crippen molar-refractivity contribution in [3.63, 3.8) is 0 Å². The van der Waals surface area contributed by atoms with E-state index in [1.165, 1.54) is 56.9 Å². The Morgan fingerprint density at radius 2 is 1.79 bits per heavy atom. The van der Waals surface area contributed by atoms with Crippen LogP contribution in [-0.4, -0.2) is 36.0 Å². The molecule has 2 fully saturated rings. The van der Waals surface area contributed by atoms with Gasteiger partial charge in [-0.2, -0.15) is 0 Å². The lowest BCUT2D eigenvalue weighted by Crippen LogP contribution is -2.47. The van der Waals surface area contributed by atoms with Crippen LogP contribution in [-0.2, 0) is 11.2 Å². The second-order valence-electron chi connectivity index (χ2n) is 9.65. The third-order valence-electron chi connectivity index (χ3n) is 7.41. The highest BCUT2D eigenvalue weighted by atomic mass is 16.2. The van der Waals surface area contributed by atoms with Crippen LogP contribution >= 0.6 is 0 Å². The fraction of sp³-hybridized carbons (Fsp3) is 0.720. The van der Waals surface area contributed by atoms with Gasteiger partial charge in [0, 0.05) is 37.3 Å². The molecule has 1 amide bonds. The molecule has 28 heavy (non-hydrogen) atoms. The minimum absolute atomic E-state index is 0.308. The number of hydrogen-bond donors (Lipinski definition) is 0. The van der Waals surface area contributed by atoms with Gasteiger partial charge in [-0.25, -0.2) is 0 Å². The Labute approximate surface area is 171 Å². The summed E-state index contributed by atoms with van der Waals surface area (Å²) in [6, 6.07) is 10.1. The number of benzene rings is 1. The number of hydrogen-bond acceptors (Lipinski definition) is 2. The molecule has 0 aromatic heterocycles. The molecular formula is C25H38N2O. The fourth-order valence-corrected chi connectivity index (χ4v) is 6.03. The summed E-state index contributed by atoms with van der Waals surface area (Å²) in [7, 11) is 0. The highest BCUT2D eigenvalue weighted by Gasteiger charge is 2.40. The molecule has 4 rings (SSSR count). The maximum Gasteiger partial charge on any atom is 0.227 e. The second kappa shape index (κ2) is 8.98. The first-order chi connectivity index (χ1) is 13.7. The number of carbonyl (C=O) groups excluding carboxylic acids is 1. The predicted molar refractivity (Wildman–Crippen MR) is 117 cm³/mol. The third-order valence-corrected chi connectivity index (χ3v) is 7.41. The van der Waals surface area contributed by atoms with Crippen molar-refractivity contribution in [2.45, 2.75) is 90.1 Å². The molecule has 0 saturated carbocycles. The second-order valence-corrected chi connectivity index (χ2v) is 9.65. The van der Waals surface area contributed by atoms with Crippen LogP contribution in [0.3, 0.4) is 0 Å². The van der Waals surface area contributed by atoms with E-state index in [1.807, 2.05) is 0 Å². The van der Waals surface area contributed by atoms with Gasteiger partial charge in [-0.05, 0) is 55.6 Å². The van der Waals surface area contributed by atoms with Crippen LogP contribution in [0.4, 0.5) is 5.69 Å².